The van der Waals surface area contributed by atoms with E-state index in [-0.39, 0.29) is 5.43 Å². The normalized spacial score (nSPS) is 11.5. The van der Waals surface area contributed by atoms with Gasteiger partial charge in [0.15, 0.2) is 5.43 Å². The molecule has 0 aliphatic rings. The minimum atomic E-state index is -0.413. The number of hydrogen-bond donors (Lipinski definition) is 2. The summed E-state index contributed by atoms with van der Waals surface area (Å²) in [6.45, 7) is 16.0. The number of nitrogens with zero attached hydrogens (tertiary/aromatic N) is 2. The lowest BCUT2D eigenvalue weighted by atomic mass is 10.0. The highest BCUT2D eigenvalue weighted by Gasteiger charge is 2.13. The van der Waals surface area contributed by atoms with Crippen LogP contribution in [0.25, 0.3) is 10.8 Å². The molecule has 5 nitrogen and oxygen atoms in total. The summed E-state index contributed by atoms with van der Waals surface area (Å²) < 4.78 is 5.47. The lowest BCUT2D eigenvalue weighted by Gasteiger charge is -2.16. The summed E-state index contributed by atoms with van der Waals surface area (Å²) >= 11 is 4.09. The Morgan fingerprint density at radius 2 is 1.84 bits per heavy atom. The van der Waals surface area contributed by atoms with E-state index in [2.05, 4.69) is 69.2 Å². The number of aryl methyl sites for hydroxylation is 2. The van der Waals surface area contributed by atoms with Gasteiger partial charge >= 0.3 is 0 Å². The molecule has 0 bridgehead atoms. The van der Waals surface area contributed by atoms with Gasteiger partial charge in [0.25, 0.3) is 0 Å². The van der Waals surface area contributed by atoms with Crippen LogP contribution in [0, 0.1) is 13.8 Å². The molecule has 0 aliphatic heterocycles. The van der Waals surface area contributed by atoms with Crippen molar-refractivity contribution in [1.82, 2.24) is 4.90 Å². The smallest absolute Gasteiger partial charge is 0.194 e. The Hall–Kier alpha value is -2.15. The zero-order valence-corrected chi connectivity index (χ0v) is 20.6. The molecule has 1 unspecified atom stereocenters. The minimum Gasteiger partial charge on any atom is -0.483 e. The summed E-state index contributed by atoms with van der Waals surface area (Å²) in [6.07, 6.45) is 0.682. The SMILES string of the molecule is C=NC(N)c1ccc2c(=O)c2c1.CC.CCN(C)CCc1cc(C)c(OCS)cc1C. The maximum absolute atomic E-state index is 10.9. The van der Waals surface area contributed by atoms with Crippen LogP contribution in [0.2, 0.25) is 0 Å². The van der Waals surface area contributed by atoms with Crippen LogP contribution in [-0.2, 0) is 6.42 Å². The first-order chi connectivity index (χ1) is 14.8. The van der Waals surface area contributed by atoms with Crippen molar-refractivity contribution in [2.24, 2.45) is 10.7 Å². The van der Waals surface area contributed by atoms with Crippen molar-refractivity contribution in [1.29, 1.82) is 0 Å². The molecule has 0 aromatic heterocycles. The van der Waals surface area contributed by atoms with Crippen LogP contribution >= 0.6 is 12.6 Å². The van der Waals surface area contributed by atoms with Crippen LogP contribution in [0.1, 0.15) is 49.2 Å². The number of rotatable bonds is 8. The number of nitrogens with two attached hydrogens (primary N) is 1. The third-order valence-corrected chi connectivity index (χ3v) is 5.29. The number of hydrogen-bond acceptors (Lipinski definition) is 6. The molecule has 31 heavy (non-hydrogen) atoms. The summed E-state index contributed by atoms with van der Waals surface area (Å²) in [5.74, 6) is 1.38. The van der Waals surface area contributed by atoms with E-state index in [0.29, 0.717) is 5.94 Å². The van der Waals surface area contributed by atoms with Crippen LogP contribution in [0.4, 0.5) is 0 Å². The number of aliphatic imine (C=N–C) groups is 1. The minimum absolute atomic E-state index is 0.123. The van der Waals surface area contributed by atoms with E-state index in [1.807, 2.05) is 19.9 Å². The topological polar surface area (TPSA) is 67.9 Å². The van der Waals surface area contributed by atoms with E-state index in [0.717, 1.165) is 41.6 Å². The molecular weight excluding hydrogens is 406 g/mol. The fraction of sp³-hybridized carbons (Fsp3) is 0.440. The lowest BCUT2D eigenvalue weighted by Crippen LogP contribution is -2.20. The highest BCUT2D eigenvalue weighted by atomic mass is 32.1. The summed E-state index contributed by atoms with van der Waals surface area (Å²) in [6, 6.07) is 9.71. The van der Waals surface area contributed by atoms with Crippen molar-refractivity contribution < 1.29 is 4.74 Å². The average molecular weight is 444 g/mol. The van der Waals surface area contributed by atoms with E-state index >= 15 is 0 Å². The molecule has 0 radical (unpaired) electrons. The summed E-state index contributed by atoms with van der Waals surface area (Å²) in [7, 11) is 2.15. The second-order valence-corrected chi connectivity index (χ2v) is 7.48. The van der Waals surface area contributed by atoms with Gasteiger partial charge < -0.3 is 15.4 Å². The number of likely N-dealkylation sites (N-methyl/N-ethyl adjacent to an activating group) is 1. The third-order valence-electron chi connectivity index (χ3n) is 5.16. The van der Waals surface area contributed by atoms with Crippen LogP contribution in [-0.4, -0.2) is 37.7 Å². The van der Waals surface area contributed by atoms with Crippen LogP contribution < -0.4 is 15.9 Å². The molecule has 170 valence electrons. The molecular formula is C25H37N3O2S. The van der Waals surface area contributed by atoms with Gasteiger partial charge in [0.1, 0.15) is 17.9 Å². The molecule has 1 atom stereocenters. The largest absolute Gasteiger partial charge is 0.483 e. The maximum atomic E-state index is 10.9. The van der Waals surface area contributed by atoms with E-state index < -0.39 is 6.17 Å². The molecule has 3 aromatic carbocycles. The Morgan fingerprint density at radius 3 is 2.39 bits per heavy atom. The molecule has 3 rings (SSSR count). The van der Waals surface area contributed by atoms with Gasteiger partial charge in [0.05, 0.1) is 0 Å². The molecule has 2 N–H and O–H groups in total. The summed E-state index contributed by atoms with van der Waals surface area (Å²) in [5, 5.41) is 1.57. The van der Waals surface area contributed by atoms with Crippen molar-refractivity contribution in [2.75, 3.05) is 26.1 Å². The monoisotopic (exact) mass is 443 g/mol. The Bertz CT molecular complexity index is 977. The van der Waals surface area contributed by atoms with Gasteiger partial charge in [-0.15, -0.1) is 12.6 Å². The van der Waals surface area contributed by atoms with Gasteiger partial charge in [-0.1, -0.05) is 32.9 Å². The van der Waals surface area contributed by atoms with Gasteiger partial charge in [0, 0.05) is 17.3 Å². The first-order valence-corrected chi connectivity index (χ1v) is 11.4. The standard InChI is InChI=1S/C14H23NOS.C9H8N2O.C2H6/c1-5-15(4)7-6-13-8-12(3)14(16-10-17)9-11(13)2;1-11-9(10)5-2-3-6-7(4-5)8(6)12;1-2/h8-9,17H,5-7,10H2,1-4H3;2-4,9H,1,10H2;1-2H3. The highest BCUT2D eigenvalue weighted by molar-refractivity contribution is 7.80. The van der Waals surface area contributed by atoms with Gasteiger partial charge in [0.2, 0.25) is 0 Å². The maximum Gasteiger partial charge on any atom is 0.194 e. The second kappa shape index (κ2) is 13.3. The Balaban J connectivity index is 0.000000300. The number of thiol groups is 1. The van der Waals surface area contributed by atoms with Crippen molar-refractivity contribution in [2.45, 2.75) is 47.2 Å². The van der Waals surface area contributed by atoms with Crippen molar-refractivity contribution >= 4 is 30.1 Å². The predicted octanol–water partition coefficient (Wildman–Crippen LogP) is 4.82. The fourth-order valence-electron chi connectivity index (χ4n) is 3.00. The van der Waals surface area contributed by atoms with E-state index in [1.54, 1.807) is 12.1 Å². The van der Waals surface area contributed by atoms with Crippen molar-refractivity contribution in [3.05, 3.63) is 62.8 Å². The quantitative estimate of drug-likeness (QED) is 0.297. The van der Waals surface area contributed by atoms with Crippen molar-refractivity contribution in [3.8, 4) is 5.75 Å². The van der Waals surface area contributed by atoms with E-state index in [4.69, 9.17) is 10.5 Å². The van der Waals surface area contributed by atoms with Crippen LogP contribution in [0.5, 0.6) is 5.75 Å². The summed E-state index contributed by atoms with van der Waals surface area (Å²) in [4.78, 5) is 16.9. The lowest BCUT2D eigenvalue weighted by molar-refractivity contribution is 0.357. The Morgan fingerprint density at radius 1 is 1.16 bits per heavy atom. The zero-order chi connectivity index (χ0) is 23.6. The number of benzene rings is 2. The number of ether oxygens (including phenoxy) is 1. The third kappa shape index (κ3) is 7.80. The Labute approximate surface area is 192 Å². The molecule has 6 heteroatoms. The van der Waals surface area contributed by atoms with Gasteiger partial charge in [-0.3, -0.25) is 9.79 Å². The van der Waals surface area contributed by atoms with E-state index in [1.165, 1.54) is 16.7 Å². The molecule has 3 aromatic rings. The first-order valence-electron chi connectivity index (χ1n) is 10.7. The molecule has 0 spiro atoms. The highest BCUT2D eigenvalue weighted by Crippen LogP contribution is 2.23. The molecule has 0 aliphatic carbocycles. The van der Waals surface area contributed by atoms with Crippen LogP contribution in [0.3, 0.4) is 0 Å². The van der Waals surface area contributed by atoms with E-state index in [9.17, 15) is 4.79 Å². The first kappa shape index (κ1) is 26.9. The summed E-state index contributed by atoms with van der Waals surface area (Å²) in [5.41, 5.74) is 10.5. The second-order valence-electron chi connectivity index (χ2n) is 7.23. The van der Waals surface area contributed by atoms with Crippen molar-refractivity contribution in [3.63, 3.8) is 0 Å². The van der Waals surface area contributed by atoms with Crippen LogP contribution in [0.15, 0.2) is 40.1 Å². The molecule has 0 saturated heterocycles. The number of fused-ring (bicyclic) bond motifs is 1. The molecule has 0 fully saturated rings. The predicted molar refractivity (Wildman–Crippen MR) is 138 cm³/mol. The molecule has 0 amide bonds. The fourth-order valence-corrected chi connectivity index (χ4v) is 3.14. The average Bonchev–Trinajstić information content (AvgIpc) is 3.45. The van der Waals surface area contributed by atoms with Gasteiger partial charge in [-0.05, 0) is 81.0 Å². The Kier molecular flexibility index (Phi) is 11.5. The zero-order valence-electron chi connectivity index (χ0n) is 19.7. The molecule has 0 heterocycles. The van der Waals surface area contributed by atoms with Gasteiger partial charge in [-0.25, -0.2) is 0 Å². The van der Waals surface area contributed by atoms with Gasteiger partial charge in [-0.2, -0.15) is 0 Å². The molecule has 0 saturated carbocycles.